The summed E-state index contributed by atoms with van der Waals surface area (Å²) in [5.41, 5.74) is 4.34. The number of aryl methyl sites for hydroxylation is 2. The molecule has 108 valence electrons. The molecule has 1 aromatic rings. The van der Waals surface area contributed by atoms with E-state index in [1.165, 1.54) is 18.1 Å². The fourth-order valence-electron chi connectivity index (χ4n) is 2.36. The van der Waals surface area contributed by atoms with Crippen LogP contribution in [-0.4, -0.2) is 25.0 Å². The molecule has 1 aliphatic rings. The highest BCUT2D eigenvalue weighted by atomic mass is 16.1. The summed E-state index contributed by atoms with van der Waals surface area (Å²) in [5, 5.41) is 9.47. The summed E-state index contributed by atoms with van der Waals surface area (Å²) in [6.07, 6.45) is 1.80. The third-order valence-electron chi connectivity index (χ3n) is 3.30. The van der Waals surface area contributed by atoms with Gasteiger partial charge >= 0.3 is 0 Å². The second kappa shape index (κ2) is 6.41. The van der Waals surface area contributed by atoms with Gasteiger partial charge in [-0.1, -0.05) is 13.8 Å². The minimum atomic E-state index is -0.0448. The van der Waals surface area contributed by atoms with Crippen molar-refractivity contribution in [1.29, 1.82) is 0 Å². The van der Waals surface area contributed by atoms with E-state index in [9.17, 15) is 4.79 Å². The molecule has 0 saturated carbocycles. The molecule has 0 saturated heterocycles. The standard InChI is InChI=1S/C15H22N4O/c1-4-11-8-13(18-10(3)20)9-12(5-2)14(11)19-15-16-6-7-17-15/h8-9H,4-7H2,1-3H3,(H,18,20)(H2,16,17,19). The van der Waals surface area contributed by atoms with E-state index in [4.69, 9.17) is 0 Å². The van der Waals surface area contributed by atoms with Crippen molar-refractivity contribution in [2.24, 2.45) is 4.99 Å². The number of carbonyl (C=O) groups is 1. The Hall–Kier alpha value is -2.04. The highest BCUT2D eigenvalue weighted by Crippen LogP contribution is 2.27. The minimum Gasteiger partial charge on any atom is -0.354 e. The van der Waals surface area contributed by atoms with E-state index in [0.29, 0.717) is 0 Å². The van der Waals surface area contributed by atoms with Gasteiger partial charge in [-0.2, -0.15) is 0 Å². The van der Waals surface area contributed by atoms with Crippen LogP contribution in [0, 0.1) is 0 Å². The van der Waals surface area contributed by atoms with Crippen molar-refractivity contribution in [2.75, 3.05) is 23.7 Å². The van der Waals surface area contributed by atoms with Crippen LogP contribution in [0.15, 0.2) is 17.1 Å². The van der Waals surface area contributed by atoms with E-state index in [-0.39, 0.29) is 5.91 Å². The highest BCUT2D eigenvalue weighted by molar-refractivity contribution is 5.97. The van der Waals surface area contributed by atoms with Crippen LogP contribution >= 0.6 is 0 Å². The molecular weight excluding hydrogens is 252 g/mol. The van der Waals surface area contributed by atoms with E-state index >= 15 is 0 Å². The van der Waals surface area contributed by atoms with Crippen molar-refractivity contribution >= 4 is 23.2 Å². The van der Waals surface area contributed by atoms with Crippen LogP contribution in [0.2, 0.25) is 0 Å². The molecule has 0 aliphatic carbocycles. The lowest BCUT2D eigenvalue weighted by molar-refractivity contribution is -0.114. The normalized spacial score (nSPS) is 13.7. The van der Waals surface area contributed by atoms with Gasteiger partial charge in [0.15, 0.2) is 5.96 Å². The first kappa shape index (κ1) is 14.4. The molecule has 1 amide bonds. The number of aliphatic imine (C=N–C) groups is 1. The molecular formula is C15H22N4O. The van der Waals surface area contributed by atoms with E-state index < -0.39 is 0 Å². The third kappa shape index (κ3) is 3.29. The molecule has 1 aliphatic heterocycles. The number of benzene rings is 1. The summed E-state index contributed by atoms with van der Waals surface area (Å²) < 4.78 is 0. The Morgan fingerprint density at radius 3 is 2.40 bits per heavy atom. The second-order valence-electron chi connectivity index (χ2n) is 4.84. The molecule has 0 bridgehead atoms. The van der Waals surface area contributed by atoms with Gasteiger partial charge in [0.25, 0.3) is 0 Å². The Bertz CT molecular complexity index is 512. The van der Waals surface area contributed by atoms with Gasteiger partial charge < -0.3 is 16.0 Å². The maximum atomic E-state index is 11.2. The lowest BCUT2D eigenvalue weighted by Gasteiger charge is -2.17. The van der Waals surface area contributed by atoms with Gasteiger partial charge in [0.05, 0.1) is 6.54 Å². The average Bonchev–Trinajstić information content (AvgIpc) is 2.92. The van der Waals surface area contributed by atoms with Crippen molar-refractivity contribution < 1.29 is 4.79 Å². The first-order valence-electron chi connectivity index (χ1n) is 7.12. The lowest BCUT2D eigenvalue weighted by Crippen LogP contribution is -2.27. The predicted molar refractivity (Wildman–Crippen MR) is 83.4 cm³/mol. The van der Waals surface area contributed by atoms with Crippen molar-refractivity contribution in [3.05, 3.63) is 23.3 Å². The number of amides is 1. The summed E-state index contributed by atoms with van der Waals surface area (Å²) in [6, 6.07) is 4.05. The molecule has 5 heteroatoms. The Kier molecular flexibility index (Phi) is 4.61. The molecule has 3 N–H and O–H groups in total. The number of rotatable bonds is 4. The fourth-order valence-corrected chi connectivity index (χ4v) is 2.36. The Morgan fingerprint density at radius 2 is 1.95 bits per heavy atom. The van der Waals surface area contributed by atoms with Gasteiger partial charge in [-0.05, 0) is 36.1 Å². The highest BCUT2D eigenvalue weighted by Gasteiger charge is 2.13. The van der Waals surface area contributed by atoms with E-state index in [0.717, 1.165) is 43.3 Å². The average molecular weight is 274 g/mol. The molecule has 0 aromatic heterocycles. The van der Waals surface area contributed by atoms with Gasteiger partial charge in [0, 0.05) is 24.8 Å². The Labute approximate surface area is 119 Å². The summed E-state index contributed by atoms with van der Waals surface area (Å²) in [7, 11) is 0. The van der Waals surface area contributed by atoms with Gasteiger partial charge in [0.2, 0.25) is 5.91 Å². The van der Waals surface area contributed by atoms with Crippen LogP contribution in [0.3, 0.4) is 0 Å². The van der Waals surface area contributed by atoms with Crippen LogP contribution in [0.4, 0.5) is 11.4 Å². The van der Waals surface area contributed by atoms with Gasteiger partial charge in [-0.15, -0.1) is 0 Å². The summed E-state index contributed by atoms with van der Waals surface area (Å²) in [6.45, 7) is 7.45. The lowest BCUT2D eigenvalue weighted by atomic mass is 10.0. The number of hydrogen-bond acceptors (Lipinski definition) is 4. The fraction of sp³-hybridized carbons (Fsp3) is 0.467. The van der Waals surface area contributed by atoms with Crippen molar-refractivity contribution in [3.63, 3.8) is 0 Å². The number of guanidine groups is 1. The second-order valence-corrected chi connectivity index (χ2v) is 4.84. The van der Waals surface area contributed by atoms with Gasteiger partial charge in [-0.25, -0.2) is 0 Å². The van der Waals surface area contributed by atoms with Gasteiger partial charge in [-0.3, -0.25) is 9.79 Å². The first-order chi connectivity index (χ1) is 9.63. The zero-order valence-corrected chi connectivity index (χ0v) is 12.3. The maximum Gasteiger partial charge on any atom is 0.221 e. The minimum absolute atomic E-state index is 0.0448. The van der Waals surface area contributed by atoms with Crippen LogP contribution in [0.5, 0.6) is 0 Å². The molecule has 1 aromatic carbocycles. The first-order valence-corrected chi connectivity index (χ1v) is 7.12. The summed E-state index contributed by atoms with van der Waals surface area (Å²) in [4.78, 5) is 15.6. The van der Waals surface area contributed by atoms with Crippen LogP contribution in [0.25, 0.3) is 0 Å². The summed E-state index contributed by atoms with van der Waals surface area (Å²) >= 11 is 0. The molecule has 0 unspecified atom stereocenters. The molecule has 1 heterocycles. The largest absolute Gasteiger partial charge is 0.354 e. The molecule has 0 radical (unpaired) electrons. The Balaban J connectivity index is 2.35. The topological polar surface area (TPSA) is 65.5 Å². The summed E-state index contributed by atoms with van der Waals surface area (Å²) in [5.74, 6) is 0.790. The molecule has 5 nitrogen and oxygen atoms in total. The predicted octanol–water partition coefficient (Wildman–Crippen LogP) is 2.14. The zero-order valence-electron chi connectivity index (χ0n) is 12.3. The number of hydrogen-bond donors (Lipinski definition) is 3. The van der Waals surface area contributed by atoms with E-state index in [1.807, 2.05) is 12.1 Å². The molecule has 0 fully saturated rings. The van der Waals surface area contributed by atoms with Crippen LogP contribution in [-0.2, 0) is 17.6 Å². The van der Waals surface area contributed by atoms with E-state index in [2.05, 4.69) is 34.8 Å². The molecule has 0 spiro atoms. The van der Waals surface area contributed by atoms with Crippen molar-refractivity contribution in [2.45, 2.75) is 33.6 Å². The number of carbonyl (C=O) groups excluding carboxylic acids is 1. The number of anilines is 2. The van der Waals surface area contributed by atoms with Gasteiger partial charge in [0.1, 0.15) is 0 Å². The third-order valence-corrected chi connectivity index (χ3v) is 3.30. The smallest absolute Gasteiger partial charge is 0.221 e. The van der Waals surface area contributed by atoms with Crippen molar-refractivity contribution in [3.8, 4) is 0 Å². The molecule has 0 atom stereocenters. The van der Waals surface area contributed by atoms with Crippen molar-refractivity contribution in [1.82, 2.24) is 5.32 Å². The molecule has 20 heavy (non-hydrogen) atoms. The van der Waals surface area contributed by atoms with E-state index in [1.54, 1.807) is 0 Å². The van der Waals surface area contributed by atoms with Crippen LogP contribution in [0.1, 0.15) is 31.9 Å². The molecule has 2 rings (SSSR count). The maximum absolute atomic E-state index is 11.2. The Morgan fingerprint density at radius 1 is 1.30 bits per heavy atom. The van der Waals surface area contributed by atoms with Crippen LogP contribution < -0.4 is 16.0 Å². The number of nitrogens with zero attached hydrogens (tertiary/aromatic N) is 1. The quantitative estimate of drug-likeness (QED) is 0.788. The monoisotopic (exact) mass is 274 g/mol. The number of nitrogens with one attached hydrogen (secondary N) is 3. The zero-order chi connectivity index (χ0) is 14.5. The SMILES string of the molecule is CCc1cc(NC(C)=O)cc(CC)c1NC1=NCCN1.